The highest BCUT2D eigenvalue weighted by molar-refractivity contribution is 5.50. The number of terminal acetylenes is 1. The highest BCUT2D eigenvalue weighted by Gasteiger charge is 1.61. The lowest BCUT2D eigenvalue weighted by atomic mass is 10.4. The quantitative estimate of drug-likeness (QED) is 0.395. The molecule has 0 nitrogen and oxygen atoms in total. The Hall–Kier alpha value is -9.68. The fourth-order valence-electron chi connectivity index (χ4n) is 1.32. The molecule has 0 saturated heterocycles. The van der Waals surface area contributed by atoms with Crippen LogP contribution < -0.4 is 0 Å². The van der Waals surface area contributed by atoms with Gasteiger partial charge in [0.15, 0.2) is 0 Å². The third kappa shape index (κ3) is 34.3. The van der Waals surface area contributed by atoms with Gasteiger partial charge in [-0.25, -0.2) is 0 Å². The molecule has 0 aromatic heterocycles. The predicted octanol–water partition coefficient (Wildman–Crippen LogP) is 0.711. The SMILES string of the molecule is C#CC#CC#CC#CC#CC#CC#CC#CC#CC#CC#CC#CC#CC#CC#CC#CC#CC#CC#CC#CC#CC#CC. The lowest BCUT2D eigenvalue weighted by molar-refractivity contribution is 1.92. The standard InChI is InChI=1S/C45H4/c1-3-5-7-9-11-13-15-17-19-21-23-25-27-29-31-33-35-37-39-41-43-45-44-42-40-38-36-34-32-30-28-26-24-22-20-18-16-14-12-10-8-6-4-2/h1H,2H3. The summed E-state index contributed by atoms with van der Waals surface area (Å²) in [7, 11) is 0. The van der Waals surface area contributed by atoms with Crippen molar-refractivity contribution >= 4 is 0 Å². The van der Waals surface area contributed by atoms with Crippen LogP contribution in [0.1, 0.15) is 6.92 Å². The third-order valence-corrected chi connectivity index (χ3v) is 2.70. The Labute approximate surface area is 267 Å². The van der Waals surface area contributed by atoms with Crippen molar-refractivity contribution in [2.24, 2.45) is 0 Å². The maximum Gasteiger partial charge on any atom is 0 e. The lowest BCUT2D eigenvalue weighted by Gasteiger charge is -1.57. The fraction of sp³-hybridized carbons (Fsp3) is 0.0222. The second-order valence-electron chi connectivity index (χ2n) is 5.52. The van der Waals surface area contributed by atoms with E-state index in [-0.39, 0.29) is 0 Å². The van der Waals surface area contributed by atoms with Gasteiger partial charge in [0.2, 0.25) is 0 Å². The normalized spacial score (nSPS) is 3.91. The molecule has 0 saturated carbocycles. The summed E-state index contributed by atoms with van der Waals surface area (Å²) in [4.78, 5) is 0. The summed E-state index contributed by atoms with van der Waals surface area (Å²) < 4.78 is 0. The maximum absolute atomic E-state index is 4.93. The topological polar surface area (TPSA) is 0 Å². The van der Waals surface area contributed by atoms with E-state index < -0.39 is 0 Å². The second kappa shape index (κ2) is 34.3. The monoisotopic (exact) mass is 544 g/mol. The van der Waals surface area contributed by atoms with Gasteiger partial charge in [-0.15, -0.1) is 6.42 Å². The van der Waals surface area contributed by atoms with Crippen molar-refractivity contribution < 1.29 is 0 Å². The van der Waals surface area contributed by atoms with Crippen molar-refractivity contribution in [1.29, 1.82) is 0 Å². The zero-order valence-corrected chi connectivity index (χ0v) is 23.1. The first-order valence-corrected chi connectivity index (χ1v) is 11.3. The molecule has 0 heterocycles. The van der Waals surface area contributed by atoms with Gasteiger partial charge in [-0.2, -0.15) is 0 Å². The minimum absolute atomic E-state index is 1.69. The van der Waals surface area contributed by atoms with Crippen LogP contribution in [0, 0.1) is 261 Å². The Bertz CT molecular complexity index is 2660. The van der Waals surface area contributed by atoms with Gasteiger partial charge in [0, 0.05) is 154 Å². The maximum atomic E-state index is 4.93. The van der Waals surface area contributed by atoms with Crippen LogP contribution in [0.4, 0.5) is 0 Å². The molecule has 0 rings (SSSR count). The summed E-state index contributed by atoms with van der Waals surface area (Å²) in [6, 6.07) is 0. The summed E-state index contributed by atoms with van der Waals surface area (Å²) in [5.74, 6) is 107. The fourth-order valence-corrected chi connectivity index (χ4v) is 1.32. The van der Waals surface area contributed by atoms with Crippen LogP contribution >= 0.6 is 0 Å². The van der Waals surface area contributed by atoms with Crippen LogP contribution in [0.25, 0.3) is 0 Å². The van der Waals surface area contributed by atoms with E-state index in [1.54, 1.807) is 6.92 Å². The molecule has 0 unspecified atom stereocenters. The molecule has 0 radical (unpaired) electrons. The molecule has 0 amide bonds. The third-order valence-electron chi connectivity index (χ3n) is 2.70. The molecule has 0 N–H and O–H groups in total. The largest absolute Gasteiger partial charge is 0.106 e. The van der Waals surface area contributed by atoms with Gasteiger partial charge in [-0.1, -0.05) is 5.92 Å². The van der Waals surface area contributed by atoms with Crippen LogP contribution in [0.5, 0.6) is 0 Å². The zero-order chi connectivity index (χ0) is 32.4. The van der Waals surface area contributed by atoms with Crippen LogP contribution in [0.15, 0.2) is 0 Å². The highest BCUT2D eigenvalue weighted by Crippen LogP contribution is 1.61. The van der Waals surface area contributed by atoms with Gasteiger partial charge in [-0.3, -0.25) is 0 Å². The molecule has 0 aliphatic rings. The minimum atomic E-state index is 1.69. The molecular formula is C45H4. The molecule has 0 bridgehead atoms. The smallest absolute Gasteiger partial charge is 0 e. The van der Waals surface area contributed by atoms with Crippen molar-refractivity contribution in [3.8, 4) is 261 Å². The second-order valence-corrected chi connectivity index (χ2v) is 5.52. The predicted molar refractivity (Wildman–Crippen MR) is 178 cm³/mol. The number of hydrogen-bond acceptors (Lipinski definition) is 0. The average Bonchev–Trinajstić information content (AvgIpc) is 3.05. The van der Waals surface area contributed by atoms with E-state index in [0.717, 1.165) is 0 Å². The first-order chi connectivity index (χ1) is 22.4. The molecule has 0 aliphatic heterocycles. The summed E-state index contributed by atoms with van der Waals surface area (Å²) in [5, 5.41) is 0. The Morgan fingerprint density at radius 2 is 0.289 bits per heavy atom. The van der Waals surface area contributed by atoms with E-state index in [2.05, 4.69) is 255 Å². The molecule has 0 heteroatoms. The summed E-state index contributed by atoms with van der Waals surface area (Å²) >= 11 is 0. The van der Waals surface area contributed by atoms with Gasteiger partial charge in [0.25, 0.3) is 0 Å². The Morgan fingerprint density at radius 3 is 0.400 bits per heavy atom. The number of hydrogen-bond donors (Lipinski definition) is 0. The molecule has 0 aromatic carbocycles. The van der Waals surface area contributed by atoms with E-state index in [1.165, 1.54) is 0 Å². The molecule has 0 aliphatic carbocycles. The molecule has 184 valence electrons. The first-order valence-electron chi connectivity index (χ1n) is 11.3. The summed E-state index contributed by atoms with van der Waals surface area (Å²) in [6.07, 6.45) is 4.93. The highest BCUT2D eigenvalue weighted by atomic mass is 13.6. The van der Waals surface area contributed by atoms with Crippen molar-refractivity contribution in [3.05, 3.63) is 0 Å². The van der Waals surface area contributed by atoms with E-state index in [1.807, 2.05) is 0 Å². The van der Waals surface area contributed by atoms with E-state index in [4.69, 9.17) is 6.42 Å². The first kappa shape index (κ1) is 35.3. The zero-order valence-electron chi connectivity index (χ0n) is 23.1. The van der Waals surface area contributed by atoms with Gasteiger partial charge in [0.1, 0.15) is 0 Å². The average molecular weight is 545 g/mol. The van der Waals surface area contributed by atoms with Gasteiger partial charge < -0.3 is 0 Å². The summed E-state index contributed by atoms with van der Waals surface area (Å²) in [6.45, 7) is 1.69. The van der Waals surface area contributed by atoms with Crippen LogP contribution in [-0.2, 0) is 0 Å². The van der Waals surface area contributed by atoms with Crippen molar-refractivity contribution in [2.45, 2.75) is 6.92 Å². The lowest BCUT2D eigenvalue weighted by Crippen LogP contribution is -1.57. The molecular weight excluding hydrogens is 540 g/mol. The molecule has 0 aromatic rings. The van der Waals surface area contributed by atoms with Crippen molar-refractivity contribution in [3.63, 3.8) is 0 Å². The molecule has 0 atom stereocenters. The van der Waals surface area contributed by atoms with Gasteiger partial charge >= 0.3 is 0 Å². The van der Waals surface area contributed by atoms with Crippen LogP contribution in [0.2, 0.25) is 0 Å². The minimum Gasteiger partial charge on any atom is -0.106 e. The Balaban J connectivity index is 4.54. The van der Waals surface area contributed by atoms with Crippen LogP contribution in [-0.4, -0.2) is 0 Å². The van der Waals surface area contributed by atoms with E-state index >= 15 is 0 Å². The van der Waals surface area contributed by atoms with Crippen molar-refractivity contribution in [2.75, 3.05) is 0 Å². The van der Waals surface area contributed by atoms with Gasteiger partial charge in [-0.05, 0) is 102 Å². The molecule has 45 heavy (non-hydrogen) atoms. The Morgan fingerprint density at radius 1 is 0.178 bits per heavy atom. The van der Waals surface area contributed by atoms with Gasteiger partial charge in [0.05, 0.1) is 0 Å². The number of rotatable bonds is 0. The van der Waals surface area contributed by atoms with E-state index in [0.29, 0.717) is 0 Å². The van der Waals surface area contributed by atoms with E-state index in [9.17, 15) is 0 Å². The molecule has 0 fully saturated rings. The summed E-state index contributed by atoms with van der Waals surface area (Å²) in [5.41, 5.74) is 0. The van der Waals surface area contributed by atoms with Crippen LogP contribution in [0.3, 0.4) is 0 Å². The Kier molecular flexibility index (Phi) is 26.9. The molecule has 0 spiro atoms. The van der Waals surface area contributed by atoms with Crippen molar-refractivity contribution in [1.82, 2.24) is 0 Å².